The maximum Gasteiger partial charge on any atom is 0.217 e. The highest BCUT2D eigenvalue weighted by Crippen LogP contribution is 2.33. The van der Waals surface area contributed by atoms with Gasteiger partial charge in [-0.05, 0) is 19.4 Å². The van der Waals surface area contributed by atoms with Crippen LogP contribution in [-0.2, 0) is 30.3 Å². The second-order valence-electron chi connectivity index (χ2n) is 6.85. The second kappa shape index (κ2) is 7.39. The Balaban J connectivity index is 1.73. The third-order valence-corrected chi connectivity index (χ3v) is 4.32. The summed E-state index contributed by atoms with van der Waals surface area (Å²) in [4.78, 5) is 11.6. The number of carbonyl (C=O) groups excluding carboxylic acids is 1. The van der Waals surface area contributed by atoms with Gasteiger partial charge in [0.25, 0.3) is 0 Å². The summed E-state index contributed by atoms with van der Waals surface area (Å²) >= 11 is 0. The van der Waals surface area contributed by atoms with Crippen LogP contribution in [0.1, 0.15) is 26.3 Å². The molecule has 2 N–H and O–H groups in total. The van der Waals surface area contributed by atoms with Gasteiger partial charge in [-0.3, -0.25) is 4.79 Å². The first-order valence-corrected chi connectivity index (χ1v) is 8.44. The Bertz CT molecular complexity index is 592. The molecule has 0 aromatic heterocycles. The van der Waals surface area contributed by atoms with Crippen molar-refractivity contribution in [1.82, 2.24) is 5.32 Å². The molecular weight excluding hydrogens is 326 g/mol. The molecule has 0 unspecified atom stereocenters. The maximum absolute atomic E-state index is 11.6. The summed E-state index contributed by atoms with van der Waals surface area (Å²) in [5.41, 5.74) is 0.974. The Hall–Kier alpha value is -1.51. The molecular formula is C18H25NO6. The van der Waals surface area contributed by atoms with Gasteiger partial charge in [0.2, 0.25) is 5.91 Å². The quantitative estimate of drug-likeness (QED) is 0.840. The van der Waals surface area contributed by atoms with Crippen molar-refractivity contribution in [3.63, 3.8) is 0 Å². The SMILES string of the molecule is CC(=O)N[C@@H]1[C@@H](OCc2ccccc2)O[C@@H]2COC(C)(C)O[C@@H]2[C@H]1O. The molecule has 2 saturated heterocycles. The van der Waals surface area contributed by atoms with Crippen molar-refractivity contribution in [3.8, 4) is 0 Å². The van der Waals surface area contributed by atoms with Gasteiger partial charge in [0, 0.05) is 6.92 Å². The van der Waals surface area contributed by atoms with Gasteiger partial charge in [-0.2, -0.15) is 0 Å². The number of nitrogens with one attached hydrogen (secondary N) is 1. The molecule has 0 bridgehead atoms. The van der Waals surface area contributed by atoms with Crippen LogP contribution in [0.15, 0.2) is 30.3 Å². The van der Waals surface area contributed by atoms with Crippen LogP contribution in [0.2, 0.25) is 0 Å². The molecule has 2 heterocycles. The van der Waals surface area contributed by atoms with E-state index in [1.54, 1.807) is 13.8 Å². The van der Waals surface area contributed by atoms with Gasteiger partial charge in [0.1, 0.15) is 24.4 Å². The van der Waals surface area contributed by atoms with E-state index in [2.05, 4.69) is 5.32 Å². The molecule has 0 radical (unpaired) electrons. The van der Waals surface area contributed by atoms with E-state index in [0.29, 0.717) is 6.61 Å². The zero-order chi connectivity index (χ0) is 18.0. The van der Waals surface area contributed by atoms with Gasteiger partial charge < -0.3 is 29.4 Å². The highest BCUT2D eigenvalue weighted by Gasteiger charge is 2.51. The lowest BCUT2D eigenvalue weighted by molar-refractivity contribution is -0.369. The fraction of sp³-hybridized carbons (Fsp3) is 0.611. The standard InChI is InChI=1S/C18H25NO6/c1-11(20)19-14-15(21)16-13(10-23-18(2,3)25-16)24-17(14)22-9-12-7-5-4-6-8-12/h4-8,13-17,21H,9-10H2,1-3H3,(H,19,20)/t13-,14+,15+,16+,17+/m1/s1. The number of aliphatic hydroxyl groups is 1. The molecule has 7 nitrogen and oxygen atoms in total. The maximum atomic E-state index is 11.6. The monoisotopic (exact) mass is 351 g/mol. The lowest BCUT2D eigenvalue weighted by Crippen LogP contribution is -2.68. The average Bonchev–Trinajstić information content (AvgIpc) is 2.57. The van der Waals surface area contributed by atoms with E-state index in [0.717, 1.165) is 5.56 Å². The minimum absolute atomic E-state index is 0.272. The summed E-state index contributed by atoms with van der Waals surface area (Å²) in [5.74, 6) is -1.09. The van der Waals surface area contributed by atoms with Crippen molar-refractivity contribution in [2.75, 3.05) is 6.61 Å². The Morgan fingerprint density at radius 3 is 2.76 bits per heavy atom. The van der Waals surface area contributed by atoms with Crippen LogP contribution in [0.5, 0.6) is 0 Å². The topological polar surface area (TPSA) is 86.3 Å². The number of amides is 1. The molecule has 1 aromatic rings. The largest absolute Gasteiger partial charge is 0.388 e. The molecule has 2 aliphatic heterocycles. The molecule has 3 rings (SSSR count). The number of carbonyl (C=O) groups is 1. The molecule has 0 saturated carbocycles. The van der Waals surface area contributed by atoms with Gasteiger partial charge in [-0.15, -0.1) is 0 Å². The highest BCUT2D eigenvalue weighted by atomic mass is 16.8. The van der Waals surface area contributed by atoms with Crippen LogP contribution in [-0.4, -0.2) is 54.1 Å². The number of hydrogen-bond donors (Lipinski definition) is 2. The summed E-state index contributed by atoms with van der Waals surface area (Å²) in [6, 6.07) is 8.91. The van der Waals surface area contributed by atoms with E-state index in [1.807, 2.05) is 30.3 Å². The van der Waals surface area contributed by atoms with Crippen molar-refractivity contribution in [2.24, 2.45) is 0 Å². The summed E-state index contributed by atoms with van der Waals surface area (Å²) in [6.45, 7) is 5.54. The average molecular weight is 351 g/mol. The predicted molar refractivity (Wildman–Crippen MR) is 88.4 cm³/mol. The molecule has 5 atom stereocenters. The first-order valence-electron chi connectivity index (χ1n) is 8.44. The first-order chi connectivity index (χ1) is 11.9. The van der Waals surface area contributed by atoms with E-state index in [-0.39, 0.29) is 12.5 Å². The smallest absolute Gasteiger partial charge is 0.217 e. The molecule has 0 spiro atoms. The Morgan fingerprint density at radius 1 is 1.36 bits per heavy atom. The van der Waals surface area contributed by atoms with Crippen LogP contribution in [0, 0.1) is 0 Å². The molecule has 1 aromatic carbocycles. The number of fused-ring (bicyclic) bond motifs is 1. The molecule has 7 heteroatoms. The second-order valence-corrected chi connectivity index (χ2v) is 6.85. The van der Waals surface area contributed by atoms with E-state index >= 15 is 0 Å². The van der Waals surface area contributed by atoms with Crippen LogP contribution in [0.4, 0.5) is 0 Å². The number of ether oxygens (including phenoxy) is 4. The lowest BCUT2D eigenvalue weighted by Gasteiger charge is -2.49. The van der Waals surface area contributed by atoms with Crippen molar-refractivity contribution in [1.29, 1.82) is 0 Å². The summed E-state index contributed by atoms with van der Waals surface area (Å²) < 4.78 is 23.2. The number of benzene rings is 1. The summed E-state index contributed by atoms with van der Waals surface area (Å²) in [7, 11) is 0. The third-order valence-electron chi connectivity index (χ3n) is 4.32. The Morgan fingerprint density at radius 2 is 2.08 bits per heavy atom. The fourth-order valence-corrected chi connectivity index (χ4v) is 3.13. The third kappa shape index (κ3) is 4.37. The molecule has 1 amide bonds. The number of hydrogen-bond acceptors (Lipinski definition) is 6. The Kier molecular flexibility index (Phi) is 5.41. The molecule has 0 aliphatic carbocycles. The van der Waals surface area contributed by atoms with Crippen molar-refractivity contribution < 1.29 is 28.8 Å². The molecule has 138 valence electrons. The minimum atomic E-state index is -0.966. The van der Waals surface area contributed by atoms with Crippen molar-refractivity contribution in [2.45, 2.75) is 63.8 Å². The number of aliphatic hydroxyl groups excluding tert-OH is 1. The van der Waals surface area contributed by atoms with Gasteiger partial charge in [-0.25, -0.2) is 0 Å². The van der Waals surface area contributed by atoms with Gasteiger partial charge in [0.05, 0.1) is 13.2 Å². The zero-order valence-corrected chi connectivity index (χ0v) is 14.7. The minimum Gasteiger partial charge on any atom is -0.388 e. The number of rotatable bonds is 4. The van der Waals surface area contributed by atoms with E-state index in [4.69, 9.17) is 18.9 Å². The first kappa shape index (κ1) is 18.3. The summed E-state index contributed by atoms with van der Waals surface area (Å²) in [6.07, 6.45) is -2.83. The lowest BCUT2D eigenvalue weighted by atomic mass is 9.95. The molecule has 2 fully saturated rings. The van der Waals surface area contributed by atoms with Crippen molar-refractivity contribution >= 4 is 5.91 Å². The normalized spacial score (nSPS) is 34.2. The van der Waals surface area contributed by atoms with Crippen molar-refractivity contribution in [3.05, 3.63) is 35.9 Å². The zero-order valence-electron chi connectivity index (χ0n) is 14.7. The van der Waals surface area contributed by atoms with Crippen LogP contribution < -0.4 is 5.32 Å². The van der Waals surface area contributed by atoms with Gasteiger partial charge in [-0.1, -0.05) is 30.3 Å². The van der Waals surface area contributed by atoms with E-state index in [1.165, 1.54) is 6.92 Å². The molecule has 25 heavy (non-hydrogen) atoms. The predicted octanol–water partition coefficient (Wildman–Crippen LogP) is 0.945. The van der Waals surface area contributed by atoms with Crippen LogP contribution in [0.25, 0.3) is 0 Å². The fourth-order valence-electron chi connectivity index (χ4n) is 3.13. The Labute approximate surface area is 147 Å². The van der Waals surface area contributed by atoms with Crippen LogP contribution >= 0.6 is 0 Å². The van der Waals surface area contributed by atoms with E-state index < -0.39 is 36.4 Å². The van der Waals surface area contributed by atoms with Gasteiger partial charge in [0.15, 0.2) is 12.1 Å². The van der Waals surface area contributed by atoms with E-state index in [9.17, 15) is 9.90 Å². The van der Waals surface area contributed by atoms with Gasteiger partial charge >= 0.3 is 0 Å². The molecule has 2 aliphatic rings. The van der Waals surface area contributed by atoms with Crippen LogP contribution in [0.3, 0.4) is 0 Å². The highest BCUT2D eigenvalue weighted by molar-refractivity contribution is 5.73. The summed E-state index contributed by atoms with van der Waals surface area (Å²) in [5, 5.41) is 13.5.